The van der Waals surface area contributed by atoms with Gasteiger partial charge in [0.15, 0.2) is 11.4 Å². The Labute approximate surface area is 213 Å². The van der Waals surface area contributed by atoms with Gasteiger partial charge in [0.05, 0.1) is 17.3 Å². The van der Waals surface area contributed by atoms with Crippen molar-refractivity contribution >= 4 is 23.0 Å². The van der Waals surface area contributed by atoms with E-state index in [1.807, 2.05) is 48.0 Å². The number of carboxylic acid groups (broad SMARTS) is 1. The SMILES string of the molecule is CCn1nc(-c2ccccc2)cc1CC1CN(CCC(=O)c2ccc3[nH]c(=O)oc3c2)CCN1C(=O)O. The van der Waals surface area contributed by atoms with Gasteiger partial charge in [-0.05, 0) is 31.2 Å². The van der Waals surface area contributed by atoms with Gasteiger partial charge in [-0.25, -0.2) is 9.59 Å². The molecule has 1 fully saturated rings. The lowest BCUT2D eigenvalue weighted by molar-refractivity contribution is 0.0640. The molecule has 10 heteroatoms. The van der Waals surface area contributed by atoms with Crippen molar-refractivity contribution in [3.63, 3.8) is 0 Å². The van der Waals surface area contributed by atoms with Gasteiger partial charge >= 0.3 is 11.8 Å². The number of oxazole rings is 1. The third-order valence-electron chi connectivity index (χ3n) is 6.89. The fraction of sp³-hybridized carbons (Fsp3) is 0.333. The fourth-order valence-corrected chi connectivity index (χ4v) is 4.96. The molecule has 3 heterocycles. The van der Waals surface area contributed by atoms with Gasteiger partial charge in [-0.3, -0.25) is 19.4 Å². The number of aromatic nitrogens is 3. The molecule has 4 aromatic rings. The molecule has 37 heavy (non-hydrogen) atoms. The maximum atomic E-state index is 12.8. The number of piperazine rings is 1. The van der Waals surface area contributed by atoms with E-state index in [2.05, 4.69) is 9.88 Å². The van der Waals surface area contributed by atoms with Gasteiger partial charge in [-0.2, -0.15) is 5.10 Å². The van der Waals surface area contributed by atoms with Gasteiger partial charge in [0.2, 0.25) is 0 Å². The standard InChI is InChI=1S/C27H29N5O5/c1-2-32-20(16-23(29-32)18-6-4-3-5-7-18)15-21-17-30(12-13-31(21)27(35)36)11-10-24(33)19-8-9-22-25(14-19)37-26(34)28-22/h3-9,14,16,21H,2,10-13,15,17H2,1H3,(H,28,34)(H,35,36). The highest BCUT2D eigenvalue weighted by Crippen LogP contribution is 2.22. The summed E-state index contributed by atoms with van der Waals surface area (Å²) in [5, 5.41) is 14.6. The second-order valence-electron chi connectivity index (χ2n) is 9.24. The number of benzene rings is 2. The number of aryl methyl sites for hydroxylation is 1. The molecular formula is C27H29N5O5. The zero-order chi connectivity index (χ0) is 25.9. The Balaban J connectivity index is 1.27. The third kappa shape index (κ3) is 5.34. The number of carbonyl (C=O) groups excluding carboxylic acids is 1. The van der Waals surface area contributed by atoms with E-state index in [1.54, 1.807) is 18.2 Å². The van der Waals surface area contributed by atoms with Crippen molar-refractivity contribution in [1.29, 1.82) is 0 Å². The molecule has 1 amide bonds. The minimum atomic E-state index is -0.937. The van der Waals surface area contributed by atoms with Crippen molar-refractivity contribution in [2.75, 3.05) is 26.2 Å². The molecule has 1 saturated heterocycles. The normalized spacial score (nSPS) is 16.4. The largest absolute Gasteiger partial charge is 0.465 e. The summed E-state index contributed by atoms with van der Waals surface area (Å²) in [6.45, 7) is 4.69. The number of aromatic amines is 1. The van der Waals surface area contributed by atoms with E-state index < -0.39 is 11.8 Å². The summed E-state index contributed by atoms with van der Waals surface area (Å²) in [5.41, 5.74) is 4.26. The Kier molecular flexibility index (Phi) is 6.91. The predicted molar refractivity (Wildman–Crippen MR) is 138 cm³/mol. The monoisotopic (exact) mass is 503 g/mol. The number of ketones is 1. The highest BCUT2D eigenvalue weighted by Gasteiger charge is 2.31. The van der Waals surface area contributed by atoms with Crippen LogP contribution < -0.4 is 5.76 Å². The maximum absolute atomic E-state index is 12.8. The van der Waals surface area contributed by atoms with Gasteiger partial charge in [0, 0.05) is 62.4 Å². The summed E-state index contributed by atoms with van der Waals surface area (Å²) < 4.78 is 7.00. The molecule has 0 saturated carbocycles. The number of fused-ring (bicyclic) bond motifs is 1. The van der Waals surface area contributed by atoms with Crippen LogP contribution in [-0.4, -0.2) is 73.8 Å². The summed E-state index contributed by atoms with van der Waals surface area (Å²) in [6.07, 6.45) is -0.119. The molecular weight excluding hydrogens is 474 g/mol. The number of hydrogen-bond donors (Lipinski definition) is 2. The number of H-pyrrole nitrogens is 1. The van der Waals surface area contributed by atoms with E-state index in [0.717, 1.165) is 17.0 Å². The Morgan fingerprint density at radius 1 is 1.14 bits per heavy atom. The highest BCUT2D eigenvalue weighted by atomic mass is 16.4. The number of carbonyl (C=O) groups is 2. The fourth-order valence-electron chi connectivity index (χ4n) is 4.96. The Morgan fingerprint density at radius 2 is 1.95 bits per heavy atom. The second kappa shape index (κ2) is 10.4. The van der Waals surface area contributed by atoms with Crippen LogP contribution in [0.15, 0.2) is 63.8 Å². The van der Waals surface area contributed by atoms with Crippen LogP contribution in [0.3, 0.4) is 0 Å². The highest BCUT2D eigenvalue weighted by molar-refractivity contribution is 5.98. The van der Waals surface area contributed by atoms with Crippen LogP contribution in [0, 0.1) is 0 Å². The molecule has 2 N–H and O–H groups in total. The van der Waals surface area contributed by atoms with Crippen LogP contribution in [0.2, 0.25) is 0 Å². The molecule has 10 nitrogen and oxygen atoms in total. The van der Waals surface area contributed by atoms with Crippen molar-refractivity contribution in [2.45, 2.75) is 32.4 Å². The zero-order valence-electron chi connectivity index (χ0n) is 20.6. The van der Waals surface area contributed by atoms with E-state index in [9.17, 15) is 19.5 Å². The molecule has 0 spiro atoms. The van der Waals surface area contributed by atoms with Crippen LogP contribution in [0.25, 0.3) is 22.4 Å². The van der Waals surface area contributed by atoms with E-state index in [4.69, 9.17) is 9.52 Å². The van der Waals surface area contributed by atoms with Crippen LogP contribution in [0.5, 0.6) is 0 Å². The van der Waals surface area contributed by atoms with Gasteiger partial charge in [-0.15, -0.1) is 0 Å². The number of nitrogens with one attached hydrogen (secondary N) is 1. The number of amides is 1. The first kappa shape index (κ1) is 24.5. The van der Waals surface area contributed by atoms with E-state index >= 15 is 0 Å². The Morgan fingerprint density at radius 3 is 2.70 bits per heavy atom. The molecule has 1 aliphatic heterocycles. The minimum absolute atomic E-state index is 0.0560. The summed E-state index contributed by atoms with van der Waals surface area (Å²) in [7, 11) is 0. The lowest BCUT2D eigenvalue weighted by Gasteiger charge is -2.40. The van der Waals surface area contributed by atoms with Gasteiger partial charge < -0.3 is 14.4 Å². The van der Waals surface area contributed by atoms with Crippen LogP contribution in [0.4, 0.5) is 4.79 Å². The molecule has 1 unspecified atom stereocenters. The third-order valence-corrected chi connectivity index (χ3v) is 6.89. The van der Waals surface area contributed by atoms with Crippen molar-refractivity contribution in [2.24, 2.45) is 0 Å². The van der Waals surface area contributed by atoms with E-state index in [0.29, 0.717) is 55.8 Å². The lowest BCUT2D eigenvalue weighted by Crippen LogP contribution is -2.56. The lowest BCUT2D eigenvalue weighted by atomic mass is 10.0. The van der Waals surface area contributed by atoms with Crippen LogP contribution in [0.1, 0.15) is 29.4 Å². The quantitative estimate of drug-likeness (QED) is 0.353. The van der Waals surface area contributed by atoms with Crippen LogP contribution in [-0.2, 0) is 13.0 Å². The van der Waals surface area contributed by atoms with Crippen molar-refractivity contribution in [1.82, 2.24) is 24.6 Å². The minimum Gasteiger partial charge on any atom is -0.465 e. The molecule has 0 aliphatic carbocycles. The topological polar surface area (TPSA) is 125 Å². The average Bonchev–Trinajstić information content (AvgIpc) is 3.49. The summed E-state index contributed by atoms with van der Waals surface area (Å²) >= 11 is 0. The summed E-state index contributed by atoms with van der Waals surface area (Å²) in [5.74, 6) is -0.609. The van der Waals surface area contributed by atoms with E-state index in [1.165, 1.54) is 4.90 Å². The van der Waals surface area contributed by atoms with Gasteiger partial charge in [0.25, 0.3) is 0 Å². The molecule has 1 atom stereocenters. The summed E-state index contributed by atoms with van der Waals surface area (Å²) in [6, 6.07) is 16.6. The molecule has 192 valence electrons. The first-order valence-corrected chi connectivity index (χ1v) is 12.4. The first-order valence-electron chi connectivity index (χ1n) is 12.4. The molecule has 1 aliphatic rings. The smallest absolute Gasteiger partial charge is 0.417 e. The van der Waals surface area contributed by atoms with E-state index in [-0.39, 0.29) is 18.2 Å². The maximum Gasteiger partial charge on any atom is 0.417 e. The number of rotatable bonds is 8. The Bertz CT molecular complexity index is 1470. The van der Waals surface area contributed by atoms with Gasteiger partial charge in [0.1, 0.15) is 0 Å². The number of nitrogens with zero attached hydrogens (tertiary/aromatic N) is 4. The molecule has 0 radical (unpaired) electrons. The van der Waals surface area contributed by atoms with Crippen molar-refractivity contribution in [3.8, 4) is 11.3 Å². The van der Waals surface area contributed by atoms with Crippen molar-refractivity contribution < 1.29 is 19.1 Å². The molecule has 5 rings (SSSR count). The molecule has 0 bridgehead atoms. The molecule has 2 aromatic heterocycles. The number of Topliss-reactive ketones (excluding diaryl/α,β-unsaturated/α-hetero) is 1. The van der Waals surface area contributed by atoms with Crippen molar-refractivity contribution in [3.05, 3.63) is 76.4 Å². The number of hydrogen-bond acceptors (Lipinski definition) is 6. The average molecular weight is 504 g/mol. The molecule has 2 aromatic carbocycles. The first-order chi connectivity index (χ1) is 17.9. The second-order valence-corrected chi connectivity index (χ2v) is 9.24. The summed E-state index contributed by atoms with van der Waals surface area (Å²) in [4.78, 5) is 42.4. The van der Waals surface area contributed by atoms with Gasteiger partial charge in [-0.1, -0.05) is 30.3 Å². The Hall–Kier alpha value is -4.18. The zero-order valence-corrected chi connectivity index (χ0v) is 20.6. The van der Waals surface area contributed by atoms with Crippen LogP contribution >= 0.6 is 0 Å². The predicted octanol–water partition coefficient (Wildman–Crippen LogP) is 3.48.